The molecule has 34 heavy (non-hydrogen) atoms. The maximum absolute atomic E-state index is 13.1. The highest BCUT2D eigenvalue weighted by Crippen LogP contribution is 2.42. The monoisotopic (exact) mass is 483 g/mol. The second-order valence-corrected chi connectivity index (χ2v) is 8.76. The Morgan fingerprint density at radius 3 is 2.53 bits per heavy atom. The normalized spacial score (nSPS) is 13.3. The summed E-state index contributed by atoms with van der Waals surface area (Å²) in [6.07, 6.45) is 6.54. The van der Waals surface area contributed by atoms with E-state index in [-0.39, 0.29) is 31.1 Å². The van der Waals surface area contributed by atoms with Gasteiger partial charge in [-0.25, -0.2) is 0 Å². The zero-order chi connectivity index (χ0) is 22.9. The summed E-state index contributed by atoms with van der Waals surface area (Å²) in [6.45, 7) is 5.29. The maximum atomic E-state index is 13.1. The average Bonchev–Trinajstić information content (AvgIpc) is 3.29. The zero-order valence-electron chi connectivity index (χ0n) is 19.9. The van der Waals surface area contributed by atoms with Crippen molar-refractivity contribution in [2.75, 3.05) is 13.9 Å². The van der Waals surface area contributed by atoms with Gasteiger partial charge in [0.1, 0.15) is 0 Å². The third kappa shape index (κ3) is 4.27. The van der Waals surface area contributed by atoms with Gasteiger partial charge in [0.05, 0.1) is 24.0 Å². The van der Waals surface area contributed by atoms with Crippen LogP contribution in [0, 0.1) is 5.92 Å². The Kier molecular flexibility index (Phi) is 7.17. The van der Waals surface area contributed by atoms with E-state index in [0.29, 0.717) is 11.5 Å². The van der Waals surface area contributed by atoms with Crippen molar-refractivity contribution in [3.8, 4) is 34.3 Å². The van der Waals surface area contributed by atoms with E-state index in [1.54, 1.807) is 7.11 Å². The van der Waals surface area contributed by atoms with E-state index in [1.807, 2.05) is 12.1 Å². The van der Waals surface area contributed by atoms with E-state index < -0.39 is 0 Å². The Bertz CT molecular complexity index is 1220. The summed E-state index contributed by atoms with van der Waals surface area (Å²) < 4.78 is 25.0. The number of rotatable bonds is 7. The molecule has 5 rings (SSSR count). The van der Waals surface area contributed by atoms with Crippen LogP contribution in [0.5, 0.6) is 23.0 Å². The molecule has 0 N–H and O–H groups in total. The number of aryl methyl sites for hydroxylation is 2. The number of ether oxygens (including phenoxy) is 4. The maximum Gasteiger partial charge on any atom is 0.314 e. The van der Waals surface area contributed by atoms with Crippen LogP contribution in [-0.4, -0.2) is 19.9 Å². The van der Waals surface area contributed by atoms with E-state index in [2.05, 4.69) is 42.8 Å². The van der Waals surface area contributed by atoms with Gasteiger partial charge in [-0.3, -0.25) is 4.79 Å². The first kappa shape index (κ1) is 24.1. The third-order valence-electron chi connectivity index (χ3n) is 6.61. The van der Waals surface area contributed by atoms with Crippen molar-refractivity contribution < 1.29 is 40.7 Å². The number of benzene rings is 2. The molecule has 1 aromatic heterocycles. The second-order valence-electron chi connectivity index (χ2n) is 8.76. The summed E-state index contributed by atoms with van der Waals surface area (Å²) in [4.78, 5) is 13.1. The summed E-state index contributed by atoms with van der Waals surface area (Å²) in [7, 11) is 1.61. The average molecular weight is 484 g/mol. The summed E-state index contributed by atoms with van der Waals surface area (Å²) >= 11 is 0. The van der Waals surface area contributed by atoms with Crippen molar-refractivity contribution in [3.05, 3.63) is 42.1 Å². The minimum absolute atomic E-state index is 0. The molecular weight excluding hydrogens is 454 g/mol. The van der Waals surface area contributed by atoms with Gasteiger partial charge in [-0.05, 0) is 48.1 Å². The Morgan fingerprint density at radius 1 is 1.09 bits per heavy atom. The van der Waals surface area contributed by atoms with E-state index in [0.717, 1.165) is 72.2 Å². The number of hydrogen-bond acceptors (Lipinski definition) is 5. The minimum Gasteiger partial charge on any atom is -1.00 e. The van der Waals surface area contributed by atoms with Crippen LogP contribution in [0.2, 0.25) is 0 Å². The molecule has 0 radical (unpaired) electrons. The van der Waals surface area contributed by atoms with Gasteiger partial charge in [-0.1, -0.05) is 26.7 Å². The fourth-order valence-electron chi connectivity index (χ4n) is 4.92. The van der Waals surface area contributed by atoms with Gasteiger partial charge in [0, 0.05) is 12.5 Å². The molecule has 2 aromatic carbocycles. The molecule has 6 nitrogen and oxygen atoms in total. The van der Waals surface area contributed by atoms with Crippen molar-refractivity contribution in [2.24, 2.45) is 5.92 Å². The number of pyridine rings is 1. The number of methoxy groups -OCH3 is 1. The number of nitrogens with zero attached hydrogens (tertiary/aromatic N) is 1. The van der Waals surface area contributed by atoms with E-state index in [1.165, 1.54) is 5.56 Å². The van der Waals surface area contributed by atoms with E-state index in [9.17, 15) is 4.79 Å². The summed E-state index contributed by atoms with van der Waals surface area (Å²) in [6, 6.07) is 10.2. The molecule has 0 aliphatic carbocycles. The third-order valence-corrected chi connectivity index (χ3v) is 6.61. The topological polar surface area (TPSA) is 57.9 Å². The molecule has 0 atom stereocenters. The van der Waals surface area contributed by atoms with Crippen LogP contribution in [0.1, 0.15) is 45.1 Å². The highest BCUT2D eigenvalue weighted by molar-refractivity contribution is 5.94. The molecule has 7 heteroatoms. The fourth-order valence-corrected chi connectivity index (χ4v) is 4.92. The predicted molar refractivity (Wildman–Crippen MR) is 125 cm³/mol. The zero-order valence-corrected chi connectivity index (χ0v) is 20.6. The quantitative estimate of drug-likeness (QED) is 0.293. The van der Waals surface area contributed by atoms with Crippen LogP contribution in [0.3, 0.4) is 0 Å². The molecule has 0 fully saturated rings. The van der Waals surface area contributed by atoms with Crippen LogP contribution in [-0.2, 0) is 17.8 Å². The van der Waals surface area contributed by atoms with Gasteiger partial charge in [0.2, 0.25) is 12.5 Å². The van der Waals surface area contributed by atoms with Gasteiger partial charge in [-0.2, -0.15) is 4.57 Å². The number of fused-ring (bicyclic) bond motifs is 5. The number of aromatic nitrogens is 1. The van der Waals surface area contributed by atoms with Crippen molar-refractivity contribution >= 4 is 16.7 Å². The number of carbonyl (C=O) groups is 1. The molecule has 0 unspecified atom stereocenters. The smallest absolute Gasteiger partial charge is 0.314 e. The number of esters is 1. The van der Waals surface area contributed by atoms with Gasteiger partial charge in [-0.15, -0.1) is 0 Å². The summed E-state index contributed by atoms with van der Waals surface area (Å²) in [5.41, 5.74) is 3.51. The van der Waals surface area contributed by atoms with Crippen molar-refractivity contribution in [2.45, 2.75) is 52.5 Å². The van der Waals surface area contributed by atoms with Gasteiger partial charge in [0.15, 0.2) is 35.7 Å². The van der Waals surface area contributed by atoms with Crippen LogP contribution < -0.4 is 35.9 Å². The molecular formula is C27H30ClNO5. The molecule has 0 bridgehead atoms. The van der Waals surface area contributed by atoms with Gasteiger partial charge < -0.3 is 31.4 Å². The molecule has 0 saturated carbocycles. The summed E-state index contributed by atoms with van der Waals surface area (Å²) in [5, 5.41) is 1.88. The van der Waals surface area contributed by atoms with Gasteiger partial charge in [0.25, 0.3) is 0 Å². The Morgan fingerprint density at radius 2 is 1.82 bits per heavy atom. The molecule has 0 spiro atoms. The fraction of sp³-hybridized carbons (Fsp3) is 0.407. The van der Waals surface area contributed by atoms with Crippen molar-refractivity contribution in [3.63, 3.8) is 0 Å². The van der Waals surface area contributed by atoms with Crippen molar-refractivity contribution in [1.29, 1.82) is 0 Å². The Hall–Kier alpha value is -2.99. The molecule has 0 saturated heterocycles. The molecule has 3 aromatic rings. The minimum atomic E-state index is -0.176. The van der Waals surface area contributed by atoms with E-state index >= 15 is 0 Å². The van der Waals surface area contributed by atoms with Crippen LogP contribution in [0.4, 0.5) is 0 Å². The molecule has 2 aliphatic rings. The lowest BCUT2D eigenvalue weighted by atomic mass is 9.95. The number of halogens is 1. The Balaban J connectivity index is 0.00000274. The number of hydrogen-bond donors (Lipinski definition) is 0. The largest absolute Gasteiger partial charge is 1.00 e. The van der Waals surface area contributed by atoms with Crippen LogP contribution in [0.15, 0.2) is 36.5 Å². The summed E-state index contributed by atoms with van der Waals surface area (Å²) in [5.74, 6) is 2.40. The molecule has 3 heterocycles. The standard InChI is InChI=1S/C27H30NO5.ClH/c1-4-6-17(7-5-2)27(29)33-26-21-15-28-11-10-19-13-24-25(32-16-31-24)14-20(19)22(28)12-18(21)8-9-23(26)30-3;/h8-9,12-15,17H,4-7,10-11,16H2,1-3H3;1H/q+1;/p-1. The lowest BCUT2D eigenvalue weighted by Gasteiger charge is -2.19. The lowest BCUT2D eigenvalue weighted by molar-refractivity contribution is -0.686. The Labute approximate surface area is 206 Å². The molecule has 0 amide bonds. The first-order chi connectivity index (χ1) is 16.1. The number of carbonyl (C=O) groups excluding carboxylic acids is 1. The second kappa shape index (κ2) is 10.1. The molecule has 180 valence electrons. The molecule has 2 aliphatic heterocycles. The van der Waals surface area contributed by atoms with Crippen LogP contribution >= 0.6 is 0 Å². The highest BCUT2D eigenvalue weighted by Gasteiger charge is 2.29. The first-order valence-corrected chi connectivity index (χ1v) is 11.8. The highest BCUT2D eigenvalue weighted by atomic mass is 35.5. The van der Waals surface area contributed by atoms with Gasteiger partial charge >= 0.3 is 5.97 Å². The van der Waals surface area contributed by atoms with E-state index in [4.69, 9.17) is 18.9 Å². The SMILES string of the molecule is CCCC(CCC)C(=O)Oc1c(OC)ccc2cc3[n+](cc12)CCc1cc2c(cc1-3)OCO2.[Cl-]. The van der Waals surface area contributed by atoms with Crippen molar-refractivity contribution in [1.82, 2.24) is 0 Å². The van der Waals surface area contributed by atoms with Crippen LogP contribution in [0.25, 0.3) is 22.0 Å². The lowest BCUT2D eigenvalue weighted by Crippen LogP contribution is -3.00. The predicted octanol–water partition coefficient (Wildman–Crippen LogP) is 2.21. The first-order valence-electron chi connectivity index (χ1n) is 11.8.